The number of hydrogen-bond acceptors (Lipinski definition) is 2. The van der Waals surface area contributed by atoms with Gasteiger partial charge in [-0.2, -0.15) is 0 Å². The summed E-state index contributed by atoms with van der Waals surface area (Å²) in [5.74, 6) is -0.850. The van der Waals surface area contributed by atoms with Crippen LogP contribution in [0.1, 0.15) is 31.4 Å². The van der Waals surface area contributed by atoms with Crippen LogP contribution in [0.25, 0.3) is 0 Å². The summed E-state index contributed by atoms with van der Waals surface area (Å²) in [6.45, 7) is 2.03. The highest BCUT2D eigenvalue weighted by Gasteiger charge is 2.23. The highest BCUT2D eigenvalue weighted by atomic mass is 19.1. The molecule has 2 atom stereocenters. The molecular weight excluding hydrogens is 224 g/mol. The van der Waals surface area contributed by atoms with E-state index in [0.29, 0.717) is 5.56 Å². The Balaban J connectivity index is 3.02. The van der Waals surface area contributed by atoms with Crippen molar-refractivity contribution >= 4 is 0 Å². The molecule has 0 aliphatic heterocycles. The number of nitrogens with one attached hydrogen (secondary N) is 1. The molecule has 0 spiro atoms. The Morgan fingerprint density at radius 1 is 1.35 bits per heavy atom. The van der Waals surface area contributed by atoms with Crippen molar-refractivity contribution in [3.63, 3.8) is 0 Å². The Kier molecular flexibility index (Phi) is 5.51. The molecule has 1 aromatic rings. The van der Waals surface area contributed by atoms with Gasteiger partial charge in [-0.1, -0.05) is 13.3 Å². The maximum Gasteiger partial charge on any atom is 0.128 e. The number of methoxy groups -OCH3 is 1. The van der Waals surface area contributed by atoms with Gasteiger partial charge in [0.05, 0.1) is 12.1 Å². The number of halogens is 2. The molecular formula is C13H19F2NO. The summed E-state index contributed by atoms with van der Waals surface area (Å²) in [6.07, 6.45) is 1.55. The minimum atomic E-state index is -0.437. The van der Waals surface area contributed by atoms with Crippen molar-refractivity contribution in [2.24, 2.45) is 0 Å². The standard InChI is InChI=1S/C13H19F2NO/c1-4-5-12(17-3)13(16-2)10-8-9(14)6-7-11(10)15/h6-8,12-13,16H,4-5H2,1-3H3. The fourth-order valence-electron chi connectivity index (χ4n) is 2.00. The third-order valence-electron chi connectivity index (χ3n) is 2.85. The average Bonchev–Trinajstić information content (AvgIpc) is 2.33. The van der Waals surface area contributed by atoms with Crippen molar-refractivity contribution in [1.82, 2.24) is 5.32 Å². The number of benzene rings is 1. The SMILES string of the molecule is CCCC(OC)C(NC)c1cc(F)ccc1F. The molecule has 0 radical (unpaired) electrons. The summed E-state index contributed by atoms with van der Waals surface area (Å²) in [4.78, 5) is 0. The van der Waals surface area contributed by atoms with Crippen molar-refractivity contribution in [1.29, 1.82) is 0 Å². The van der Waals surface area contributed by atoms with Gasteiger partial charge in [0, 0.05) is 12.7 Å². The van der Waals surface area contributed by atoms with Crippen LogP contribution in [-0.4, -0.2) is 20.3 Å². The van der Waals surface area contributed by atoms with Gasteiger partial charge in [0.2, 0.25) is 0 Å². The van der Waals surface area contributed by atoms with Gasteiger partial charge in [-0.25, -0.2) is 8.78 Å². The van der Waals surface area contributed by atoms with Crippen LogP contribution >= 0.6 is 0 Å². The van der Waals surface area contributed by atoms with E-state index in [-0.39, 0.29) is 12.1 Å². The molecule has 96 valence electrons. The maximum atomic E-state index is 13.7. The van der Waals surface area contributed by atoms with Crippen LogP contribution in [0.5, 0.6) is 0 Å². The molecule has 0 heterocycles. The van der Waals surface area contributed by atoms with E-state index in [2.05, 4.69) is 5.32 Å². The van der Waals surface area contributed by atoms with E-state index in [1.807, 2.05) is 6.92 Å². The van der Waals surface area contributed by atoms with Crippen LogP contribution in [-0.2, 0) is 4.74 Å². The smallest absolute Gasteiger partial charge is 0.128 e. The summed E-state index contributed by atoms with van der Waals surface area (Å²) in [5, 5.41) is 2.99. The summed E-state index contributed by atoms with van der Waals surface area (Å²) < 4.78 is 32.2. The number of hydrogen-bond donors (Lipinski definition) is 1. The van der Waals surface area contributed by atoms with Gasteiger partial charge in [0.1, 0.15) is 11.6 Å². The van der Waals surface area contributed by atoms with E-state index in [4.69, 9.17) is 4.74 Å². The van der Waals surface area contributed by atoms with Crippen molar-refractivity contribution in [3.8, 4) is 0 Å². The lowest BCUT2D eigenvalue weighted by Crippen LogP contribution is -2.31. The van der Waals surface area contributed by atoms with Gasteiger partial charge >= 0.3 is 0 Å². The first-order valence-electron chi connectivity index (χ1n) is 5.79. The Morgan fingerprint density at radius 2 is 2.06 bits per heavy atom. The fourth-order valence-corrected chi connectivity index (χ4v) is 2.00. The fraction of sp³-hybridized carbons (Fsp3) is 0.538. The normalized spacial score (nSPS) is 14.6. The van der Waals surface area contributed by atoms with Crippen LogP contribution in [0.2, 0.25) is 0 Å². The van der Waals surface area contributed by atoms with E-state index >= 15 is 0 Å². The lowest BCUT2D eigenvalue weighted by molar-refractivity contribution is 0.0618. The number of likely N-dealkylation sites (N-methyl/N-ethyl adjacent to an activating group) is 1. The minimum absolute atomic E-state index is 0.165. The van der Waals surface area contributed by atoms with Crippen LogP contribution in [0, 0.1) is 11.6 Å². The molecule has 1 N–H and O–H groups in total. The monoisotopic (exact) mass is 243 g/mol. The van der Waals surface area contributed by atoms with Gasteiger partial charge in [-0.05, 0) is 31.7 Å². The van der Waals surface area contributed by atoms with E-state index in [9.17, 15) is 8.78 Å². The Morgan fingerprint density at radius 3 is 2.59 bits per heavy atom. The topological polar surface area (TPSA) is 21.3 Å². The van der Waals surface area contributed by atoms with Crippen LogP contribution in [0.15, 0.2) is 18.2 Å². The summed E-state index contributed by atoms with van der Waals surface area (Å²) in [5.41, 5.74) is 0.313. The molecule has 0 aromatic heterocycles. The lowest BCUT2D eigenvalue weighted by atomic mass is 9.97. The highest BCUT2D eigenvalue weighted by molar-refractivity contribution is 5.23. The maximum absolute atomic E-state index is 13.7. The quantitative estimate of drug-likeness (QED) is 0.829. The zero-order valence-corrected chi connectivity index (χ0v) is 10.5. The van der Waals surface area contributed by atoms with Crippen molar-refractivity contribution in [2.45, 2.75) is 31.9 Å². The van der Waals surface area contributed by atoms with Crippen LogP contribution in [0.4, 0.5) is 8.78 Å². The second-order valence-electron chi connectivity index (χ2n) is 4.00. The zero-order chi connectivity index (χ0) is 12.8. The van der Waals surface area contributed by atoms with Gasteiger partial charge in [0.15, 0.2) is 0 Å². The lowest BCUT2D eigenvalue weighted by Gasteiger charge is -2.26. The van der Waals surface area contributed by atoms with Crippen molar-refractivity contribution in [3.05, 3.63) is 35.4 Å². The van der Waals surface area contributed by atoms with E-state index in [1.54, 1.807) is 14.2 Å². The third kappa shape index (κ3) is 3.48. The molecule has 2 nitrogen and oxygen atoms in total. The number of rotatable bonds is 6. The second kappa shape index (κ2) is 6.67. The van der Waals surface area contributed by atoms with Gasteiger partial charge in [0.25, 0.3) is 0 Å². The summed E-state index contributed by atoms with van der Waals surface area (Å²) in [7, 11) is 3.30. The minimum Gasteiger partial charge on any atom is -0.379 e. The molecule has 0 aliphatic rings. The Labute approximate surface area is 101 Å². The Bertz CT molecular complexity index is 357. The van der Waals surface area contributed by atoms with E-state index in [1.165, 1.54) is 6.07 Å². The first-order valence-corrected chi connectivity index (χ1v) is 5.79. The van der Waals surface area contributed by atoms with Crippen molar-refractivity contribution < 1.29 is 13.5 Å². The highest BCUT2D eigenvalue weighted by Crippen LogP contribution is 2.25. The molecule has 0 saturated heterocycles. The second-order valence-corrected chi connectivity index (χ2v) is 4.00. The molecule has 0 bridgehead atoms. The average molecular weight is 243 g/mol. The predicted molar refractivity (Wildman–Crippen MR) is 63.9 cm³/mol. The molecule has 1 rings (SSSR count). The zero-order valence-electron chi connectivity index (χ0n) is 10.5. The first kappa shape index (κ1) is 14.1. The molecule has 0 saturated carbocycles. The molecule has 1 aromatic carbocycles. The van der Waals surface area contributed by atoms with E-state index in [0.717, 1.165) is 25.0 Å². The third-order valence-corrected chi connectivity index (χ3v) is 2.85. The number of ether oxygens (including phenoxy) is 1. The first-order chi connectivity index (χ1) is 8.13. The predicted octanol–water partition coefficient (Wildman–Crippen LogP) is 3.04. The van der Waals surface area contributed by atoms with Crippen LogP contribution in [0.3, 0.4) is 0 Å². The molecule has 0 aliphatic carbocycles. The summed E-state index contributed by atoms with van der Waals surface area (Å²) >= 11 is 0. The van der Waals surface area contributed by atoms with Gasteiger partial charge in [-0.15, -0.1) is 0 Å². The van der Waals surface area contributed by atoms with Gasteiger partial charge in [-0.3, -0.25) is 0 Å². The molecule has 4 heteroatoms. The summed E-state index contributed by atoms with van der Waals surface area (Å²) in [6, 6.07) is 3.15. The molecule has 2 unspecified atom stereocenters. The molecule has 0 fully saturated rings. The van der Waals surface area contributed by atoms with Crippen molar-refractivity contribution in [2.75, 3.05) is 14.2 Å². The van der Waals surface area contributed by atoms with Crippen LogP contribution < -0.4 is 5.32 Å². The van der Waals surface area contributed by atoms with Gasteiger partial charge < -0.3 is 10.1 Å². The molecule has 17 heavy (non-hydrogen) atoms. The van der Waals surface area contributed by atoms with E-state index < -0.39 is 11.6 Å². The molecule has 0 amide bonds. The largest absolute Gasteiger partial charge is 0.379 e. The Hall–Kier alpha value is -1.00.